The van der Waals surface area contributed by atoms with Gasteiger partial charge in [-0.3, -0.25) is 9.59 Å². The first kappa shape index (κ1) is 26.1. The number of primary amides is 1. The Morgan fingerprint density at radius 3 is 2.78 bits per heavy atom. The molecule has 1 aliphatic heterocycles. The van der Waals surface area contributed by atoms with Crippen molar-refractivity contribution in [3.05, 3.63) is 53.3 Å². The van der Waals surface area contributed by atoms with Gasteiger partial charge < -0.3 is 25.3 Å². The average molecular weight is 521 g/mol. The van der Waals surface area contributed by atoms with E-state index in [0.717, 1.165) is 5.82 Å². The first-order chi connectivity index (χ1) is 17.5. The van der Waals surface area contributed by atoms with Gasteiger partial charge in [-0.05, 0) is 31.4 Å². The van der Waals surface area contributed by atoms with Gasteiger partial charge >= 0.3 is 0 Å². The van der Waals surface area contributed by atoms with Crippen LogP contribution in [0.4, 0.5) is 10.2 Å². The highest BCUT2D eigenvalue weighted by Crippen LogP contribution is 2.35. The zero-order chi connectivity index (χ0) is 27.1. The lowest BCUT2D eigenvalue weighted by molar-refractivity contribution is -0.127. The number of methoxy groups -OCH3 is 1. The van der Waals surface area contributed by atoms with Crippen LogP contribution in [-0.4, -0.2) is 79.6 Å². The number of carbonyl (C=O) groups is 2. The summed E-state index contributed by atoms with van der Waals surface area (Å²) in [4.78, 5) is 31.0. The molecule has 0 saturated carbocycles. The van der Waals surface area contributed by atoms with Crippen LogP contribution in [0.25, 0.3) is 11.0 Å². The molecule has 1 aliphatic rings. The van der Waals surface area contributed by atoms with Crippen molar-refractivity contribution >= 4 is 38.9 Å². The highest BCUT2D eigenvalue weighted by Gasteiger charge is 2.46. The Kier molecular flexibility index (Phi) is 6.94. The quantitative estimate of drug-likeness (QED) is 0.284. The zero-order valence-electron chi connectivity index (χ0n) is 21.1. The Bertz CT molecular complexity index is 1480. The van der Waals surface area contributed by atoms with E-state index in [1.54, 1.807) is 41.4 Å². The van der Waals surface area contributed by atoms with Crippen LogP contribution in [0.15, 0.2) is 24.8 Å². The van der Waals surface area contributed by atoms with Gasteiger partial charge in [-0.15, -0.1) is 0 Å². The molecule has 2 amide bonds. The minimum atomic E-state index is -0.903. The molecule has 10 nitrogen and oxygen atoms in total. The van der Waals surface area contributed by atoms with Crippen molar-refractivity contribution in [2.75, 3.05) is 32.6 Å². The smallest absolute Gasteiger partial charge is 0.255 e. The zero-order valence-corrected chi connectivity index (χ0v) is 22.1. The minimum absolute atomic E-state index is 0.0552. The molecule has 2 atom stereocenters. The topological polar surface area (TPSA) is 120 Å². The summed E-state index contributed by atoms with van der Waals surface area (Å²) in [7, 11) is 8.79. The number of likely N-dealkylation sites (tertiary alicyclic amines) is 1. The molecule has 3 radical (unpaired) electrons. The summed E-state index contributed by atoms with van der Waals surface area (Å²) >= 11 is 0. The van der Waals surface area contributed by atoms with Crippen LogP contribution in [0.5, 0.6) is 0 Å². The molecule has 1 fully saturated rings. The van der Waals surface area contributed by atoms with Gasteiger partial charge in [0.25, 0.3) is 5.91 Å². The minimum Gasteiger partial charge on any atom is -0.383 e. The molecule has 191 valence electrons. The van der Waals surface area contributed by atoms with Gasteiger partial charge in [-0.2, -0.15) is 5.10 Å². The maximum Gasteiger partial charge on any atom is 0.255 e. The van der Waals surface area contributed by atoms with E-state index in [2.05, 4.69) is 44.1 Å². The lowest BCUT2D eigenvalue weighted by Gasteiger charge is -2.27. The Balaban J connectivity index is 1.81. The van der Waals surface area contributed by atoms with E-state index in [9.17, 15) is 14.0 Å². The molecule has 37 heavy (non-hydrogen) atoms. The summed E-state index contributed by atoms with van der Waals surface area (Å²) in [5.74, 6) is 5.11. The Labute approximate surface area is 217 Å². The van der Waals surface area contributed by atoms with Crippen LogP contribution in [0, 0.1) is 24.6 Å². The van der Waals surface area contributed by atoms with E-state index < -0.39 is 16.9 Å². The second-order valence-electron chi connectivity index (χ2n) is 8.90. The molecule has 0 spiro atoms. The van der Waals surface area contributed by atoms with Gasteiger partial charge in [0.2, 0.25) is 5.91 Å². The maximum atomic E-state index is 14.9. The van der Waals surface area contributed by atoms with Gasteiger partial charge in [-0.1, -0.05) is 12.5 Å². The number of halogens is 1. The van der Waals surface area contributed by atoms with Crippen LogP contribution in [-0.2, 0) is 21.7 Å². The SMILES string of the molecule is C=CC(=O)N1C[C@@]([Si])(n2nc(C#Cc3cc4nc(C)n(C)c4cc3F)c(C(N)=O)c2NC)C[C@@H]1COC. The first-order valence-corrected chi connectivity index (χ1v) is 12.0. The summed E-state index contributed by atoms with van der Waals surface area (Å²) in [5.41, 5.74) is 7.19. The molecule has 3 heterocycles. The third-order valence-corrected chi connectivity index (χ3v) is 7.12. The number of nitrogens with one attached hydrogen (secondary N) is 1. The Morgan fingerprint density at radius 2 is 2.16 bits per heavy atom. The maximum absolute atomic E-state index is 14.9. The molecular formula is C25H27FN7O3Si. The van der Waals surface area contributed by atoms with Crippen LogP contribution in [0.3, 0.4) is 0 Å². The van der Waals surface area contributed by atoms with E-state index in [1.807, 2.05) is 6.92 Å². The summed E-state index contributed by atoms with van der Waals surface area (Å²) in [6, 6.07) is 2.66. The van der Waals surface area contributed by atoms with Crippen molar-refractivity contribution in [1.82, 2.24) is 24.2 Å². The lowest BCUT2D eigenvalue weighted by atomic mass is 10.1. The van der Waals surface area contributed by atoms with Crippen molar-refractivity contribution < 1.29 is 18.7 Å². The number of imidazole rings is 1. The number of nitrogens with two attached hydrogens (primary N) is 1. The van der Waals surface area contributed by atoms with Gasteiger partial charge in [0.15, 0.2) is 5.69 Å². The second-order valence-corrected chi connectivity index (χ2v) is 9.83. The molecule has 0 unspecified atom stereocenters. The molecule has 3 N–H and O–H groups in total. The Morgan fingerprint density at radius 1 is 1.43 bits per heavy atom. The standard InChI is InChI=1S/C25H27FN7O3Si/c1-6-21(34)32-13-25(37,11-16(32)12-36-5)33-24(28-3)22(23(27)35)18(30-33)8-7-15-9-19-20(10-17(15)26)31(4)14(2)29-19/h6,9-10,16,28H,1,11-13H2,2-5H3,(H2,27,35)/t16-,25-/m1/s1. The molecule has 1 aromatic carbocycles. The summed E-state index contributed by atoms with van der Waals surface area (Å²) in [6.07, 6.45) is 1.66. The fourth-order valence-corrected chi connectivity index (χ4v) is 5.25. The van der Waals surface area contributed by atoms with Crippen LogP contribution >= 0.6 is 0 Å². The van der Waals surface area contributed by atoms with E-state index in [-0.39, 0.29) is 35.3 Å². The summed E-state index contributed by atoms with van der Waals surface area (Å²) in [5, 5.41) is 6.65. The second kappa shape index (κ2) is 9.83. The molecule has 4 rings (SSSR count). The van der Waals surface area contributed by atoms with E-state index >= 15 is 0 Å². The number of hydrogen-bond donors (Lipinski definition) is 2. The monoisotopic (exact) mass is 520 g/mol. The highest BCUT2D eigenvalue weighted by molar-refractivity contribution is 6.15. The molecule has 12 heteroatoms. The normalized spacial score (nSPS) is 19.1. The number of benzene rings is 1. The number of rotatable bonds is 6. The third kappa shape index (κ3) is 4.52. The molecule has 0 bridgehead atoms. The van der Waals surface area contributed by atoms with E-state index in [4.69, 9.17) is 10.5 Å². The number of anilines is 1. The first-order valence-electron chi connectivity index (χ1n) is 11.5. The summed E-state index contributed by atoms with van der Waals surface area (Å²) < 4.78 is 23.5. The van der Waals surface area contributed by atoms with E-state index in [1.165, 1.54) is 12.1 Å². The van der Waals surface area contributed by atoms with Gasteiger partial charge in [-0.25, -0.2) is 14.1 Å². The van der Waals surface area contributed by atoms with Gasteiger partial charge in [0.05, 0.1) is 44.7 Å². The molecule has 2 aromatic heterocycles. The van der Waals surface area contributed by atoms with Crippen molar-refractivity contribution in [2.45, 2.75) is 24.5 Å². The fraction of sp³-hybridized carbons (Fsp3) is 0.360. The van der Waals surface area contributed by atoms with E-state index in [0.29, 0.717) is 29.9 Å². The van der Waals surface area contributed by atoms with Crippen molar-refractivity contribution in [3.8, 4) is 11.8 Å². The number of amides is 2. The predicted octanol–water partition coefficient (Wildman–Crippen LogP) is 1.01. The number of carbonyl (C=O) groups excluding carboxylic acids is 2. The molecule has 3 aromatic rings. The third-order valence-electron chi connectivity index (χ3n) is 6.55. The van der Waals surface area contributed by atoms with Gasteiger partial charge in [0, 0.05) is 33.8 Å². The largest absolute Gasteiger partial charge is 0.383 e. The number of nitrogens with zero attached hydrogens (tertiary/aromatic N) is 5. The number of fused-ring (bicyclic) bond motifs is 1. The number of hydrogen-bond acceptors (Lipinski definition) is 6. The molecular weight excluding hydrogens is 493 g/mol. The molecule has 1 saturated heterocycles. The number of aryl methyl sites for hydroxylation is 2. The average Bonchev–Trinajstić information content (AvgIpc) is 3.49. The van der Waals surface area contributed by atoms with Crippen molar-refractivity contribution in [1.29, 1.82) is 0 Å². The summed E-state index contributed by atoms with van der Waals surface area (Å²) in [6.45, 7) is 5.92. The Hall–Kier alpha value is -3.95. The lowest BCUT2D eigenvalue weighted by Crippen LogP contribution is -2.41. The molecule has 0 aliphatic carbocycles. The van der Waals surface area contributed by atoms with Gasteiger partial charge in [0.1, 0.15) is 23.0 Å². The number of ether oxygens (including phenoxy) is 1. The highest BCUT2D eigenvalue weighted by atomic mass is 28.1. The predicted molar refractivity (Wildman–Crippen MR) is 138 cm³/mol. The fourth-order valence-electron chi connectivity index (χ4n) is 4.68. The van der Waals surface area contributed by atoms with Crippen molar-refractivity contribution in [3.63, 3.8) is 0 Å². The van der Waals surface area contributed by atoms with Crippen LogP contribution < -0.4 is 11.1 Å². The van der Waals surface area contributed by atoms with Crippen LogP contribution in [0.2, 0.25) is 0 Å². The van der Waals surface area contributed by atoms with Crippen LogP contribution in [0.1, 0.15) is 33.9 Å². The van der Waals surface area contributed by atoms with Crippen molar-refractivity contribution in [2.24, 2.45) is 12.8 Å². The number of aromatic nitrogens is 4.